The molecule has 0 spiro atoms. The van der Waals surface area contributed by atoms with Crippen LogP contribution >= 0.6 is 0 Å². The van der Waals surface area contributed by atoms with Gasteiger partial charge in [0, 0.05) is 33.9 Å². The van der Waals surface area contributed by atoms with Gasteiger partial charge in [-0.05, 0) is 29.3 Å². The molecule has 40 heavy (non-hydrogen) atoms. The number of aryl methyl sites for hydroxylation is 1. The van der Waals surface area contributed by atoms with Crippen molar-refractivity contribution in [2.45, 2.75) is 12.8 Å². The van der Waals surface area contributed by atoms with Crippen LogP contribution in [0, 0.1) is 0 Å². The minimum Gasteiger partial charge on any atom is -0.460 e. The Balaban J connectivity index is 1.48. The third-order valence-electron chi connectivity index (χ3n) is 8.04. The van der Waals surface area contributed by atoms with E-state index in [-0.39, 0.29) is 0 Å². The Hall–Kier alpha value is -5.29. The van der Waals surface area contributed by atoms with Crippen LogP contribution in [-0.4, -0.2) is 19.5 Å². The number of benzene rings is 5. The van der Waals surface area contributed by atoms with Gasteiger partial charge in [-0.25, -0.2) is 4.98 Å². The molecule has 3 heterocycles. The predicted octanol–water partition coefficient (Wildman–Crippen LogP) is 8.60. The van der Waals surface area contributed by atoms with E-state index in [2.05, 4.69) is 53.1 Å². The van der Waals surface area contributed by atoms with Crippen molar-refractivity contribution < 1.29 is 4.42 Å². The lowest BCUT2D eigenvalue weighted by Crippen LogP contribution is -2.06. The van der Waals surface area contributed by atoms with E-state index in [9.17, 15) is 0 Å². The molecule has 0 amide bonds. The normalized spacial score (nSPS) is 13.2. The van der Waals surface area contributed by atoms with Crippen molar-refractivity contribution in [2.24, 2.45) is 0 Å². The number of hydrogen-bond donors (Lipinski definition) is 0. The fourth-order valence-electron chi connectivity index (χ4n) is 6.29. The quantitative estimate of drug-likeness (QED) is 0.222. The Morgan fingerprint density at radius 3 is 2.12 bits per heavy atom. The molecular weight excluding hydrogens is 492 g/mol. The van der Waals surface area contributed by atoms with Crippen molar-refractivity contribution in [1.29, 1.82) is 0 Å². The van der Waals surface area contributed by atoms with E-state index in [4.69, 9.17) is 19.4 Å². The van der Waals surface area contributed by atoms with Crippen LogP contribution in [0.5, 0.6) is 0 Å². The second-order valence-electron chi connectivity index (χ2n) is 10.4. The minimum absolute atomic E-state index is 0.597. The molecule has 3 aromatic heterocycles. The van der Waals surface area contributed by atoms with Crippen molar-refractivity contribution >= 4 is 49.6 Å². The summed E-state index contributed by atoms with van der Waals surface area (Å²) in [6.45, 7) is 0. The Morgan fingerprint density at radius 2 is 1.38 bits per heavy atom. The van der Waals surface area contributed by atoms with Gasteiger partial charge in [-0.15, -0.1) is 0 Å². The Bertz CT molecular complexity index is 2200. The molecule has 0 unspecified atom stereocenters. The number of allylic oxidation sites excluding steroid dienone is 1. The number of aromatic nitrogens is 4. The molecular formula is C35H22N4O. The molecule has 5 aromatic carbocycles. The van der Waals surface area contributed by atoms with Crippen LogP contribution < -0.4 is 0 Å². The monoisotopic (exact) mass is 514 g/mol. The maximum absolute atomic E-state index is 6.48. The van der Waals surface area contributed by atoms with Gasteiger partial charge in [-0.3, -0.25) is 4.57 Å². The molecule has 188 valence electrons. The smallest absolute Gasteiger partial charge is 0.238 e. The Labute approximate surface area is 229 Å². The van der Waals surface area contributed by atoms with Crippen molar-refractivity contribution in [3.05, 3.63) is 114 Å². The summed E-state index contributed by atoms with van der Waals surface area (Å²) >= 11 is 0. The first-order valence-electron chi connectivity index (χ1n) is 13.6. The number of fused-ring (bicyclic) bond motifs is 4. The lowest BCUT2D eigenvalue weighted by atomic mass is 9.97. The molecule has 0 saturated carbocycles. The van der Waals surface area contributed by atoms with E-state index < -0.39 is 0 Å². The summed E-state index contributed by atoms with van der Waals surface area (Å²) in [4.78, 5) is 15.2. The topological polar surface area (TPSA) is 56.7 Å². The molecule has 1 aliphatic carbocycles. The molecule has 5 nitrogen and oxygen atoms in total. The molecule has 0 aliphatic heterocycles. The zero-order valence-corrected chi connectivity index (χ0v) is 21.5. The van der Waals surface area contributed by atoms with Crippen molar-refractivity contribution in [3.8, 4) is 28.7 Å². The van der Waals surface area contributed by atoms with Crippen molar-refractivity contribution in [3.63, 3.8) is 0 Å². The predicted molar refractivity (Wildman–Crippen MR) is 161 cm³/mol. The van der Waals surface area contributed by atoms with Gasteiger partial charge in [0.1, 0.15) is 11.3 Å². The van der Waals surface area contributed by atoms with Gasteiger partial charge in [0.2, 0.25) is 5.95 Å². The Kier molecular flexibility index (Phi) is 4.38. The van der Waals surface area contributed by atoms with Gasteiger partial charge in [0.15, 0.2) is 11.6 Å². The minimum atomic E-state index is 0.597. The molecule has 0 bridgehead atoms. The average Bonchev–Trinajstić information content (AvgIpc) is 3.57. The fourth-order valence-corrected chi connectivity index (χ4v) is 6.29. The van der Waals surface area contributed by atoms with Gasteiger partial charge in [0.05, 0.1) is 16.4 Å². The summed E-state index contributed by atoms with van der Waals surface area (Å²) in [7, 11) is 0. The van der Waals surface area contributed by atoms with E-state index in [0.29, 0.717) is 17.6 Å². The van der Waals surface area contributed by atoms with Crippen LogP contribution in [0.4, 0.5) is 0 Å². The summed E-state index contributed by atoms with van der Waals surface area (Å²) in [5.41, 5.74) is 6.12. The van der Waals surface area contributed by atoms with Crippen LogP contribution in [0.2, 0.25) is 0 Å². The van der Waals surface area contributed by atoms with Gasteiger partial charge in [-0.2, -0.15) is 9.97 Å². The third-order valence-corrected chi connectivity index (χ3v) is 8.04. The van der Waals surface area contributed by atoms with Gasteiger partial charge in [0.25, 0.3) is 0 Å². The standard InChI is InChI=1S/C35H22N4O/c1-3-10-22(11-4-1)33-36-34(23-12-5-2-6-13-23)38-35(37-33)39-26-16-9-14-21-18-19-24-20-28-31(32(39)30(24)29(21)26)25-15-7-8-17-27(25)40-28/h1-7,9-16,18-20H,8,17H2. The van der Waals surface area contributed by atoms with E-state index in [1.165, 1.54) is 16.2 Å². The molecule has 0 radical (unpaired) electrons. The summed E-state index contributed by atoms with van der Waals surface area (Å²) in [6, 6.07) is 33.3. The van der Waals surface area contributed by atoms with Gasteiger partial charge in [-0.1, -0.05) is 97.1 Å². The van der Waals surface area contributed by atoms with Crippen LogP contribution in [0.15, 0.2) is 108 Å². The SMILES string of the molecule is C1=Cc2c(oc3cc4ccc5cccc6c5c4c(c23)n6-c2nc(-c3ccccc3)nc(-c3ccccc3)n2)CC1. The van der Waals surface area contributed by atoms with Gasteiger partial charge >= 0.3 is 0 Å². The maximum atomic E-state index is 6.48. The highest BCUT2D eigenvalue weighted by Crippen LogP contribution is 2.45. The first-order valence-corrected chi connectivity index (χ1v) is 13.6. The first-order chi connectivity index (χ1) is 19.8. The summed E-state index contributed by atoms with van der Waals surface area (Å²) < 4.78 is 8.71. The molecule has 1 aliphatic rings. The van der Waals surface area contributed by atoms with E-state index >= 15 is 0 Å². The van der Waals surface area contributed by atoms with Crippen LogP contribution in [0.3, 0.4) is 0 Å². The number of hydrogen-bond acceptors (Lipinski definition) is 4. The highest BCUT2D eigenvalue weighted by atomic mass is 16.3. The van der Waals surface area contributed by atoms with Crippen LogP contribution in [0.25, 0.3) is 78.3 Å². The molecule has 0 atom stereocenters. The highest BCUT2D eigenvalue weighted by Gasteiger charge is 2.26. The maximum Gasteiger partial charge on any atom is 0.238 e. The first kappa shape index (κ1) is 21.6. The zero-order valence-electron chi connectivity index (χ0n) is 21.5. The Morgan fingerprint density at radius 1 is 0.650 bits per heavy atom. The van der Waals surface area contributed by atoms with E-state index in [1.807, 2.05) is 60.7 Å². The summed E-state index contributed by atoms with van der Waals surface area (Å²) in [5, 5.41) is 5.90. The molecule has 8 aromatic rings. The van der Waals surface area contributed by atoms with Crippen molar-refractivity contribution in [2.75, 3.05) is 0 Å². The number of rotatable bonds is 3. The van der Waals surface area contributed by atoms with Gasteiger partial charge < -0.3 is 4.42 Å². The second-order valence-corrected chi connectivity index (χ2v) is 10.4. The van der Waals surface area contributed by atoms with Crippen molar-refractivity contribution in [1.82, 2.24) is 19.5 Å². The lowest BCUT2D eigenvalue weighted by Gasteiger charge is -2.11. The fraction of sp³-hybridized carbons (Fsp3) is 0.0571. The average molecular weight is 515 g/mol. The van der Waals surface area contributed by atoms with Crippen LogP contribution in [-0.2, 0) is 6.42 Å². The molecule has 0 fully saturated rings. The van der Waals surface area contributed by atoms with E-state index in [1.54, 1.807) is 0 Å². The summed E-state index contributed by atoms with van der Waals surface area (Å²) in [6.07, 6.45) is 6.35. The molecule has 0 saturated heterocycles. The van der Waals surface area contributed by atoms with E-state index in [0.717, 1.165) is 62.7 Å². The molecule has 0 N–H and O–H groups in total. The number of nitrogens with zero attached hydrogens (tertiary/aromatic N) is 4. The number of furan rings is 1. The lowest BCUT2D eigenvalue weighted by molar-refractivity contribution is 0.546. The van der Waals surface area contributed by atoms with Crippen LogP contribution in [0.1, 0.15) is 17.7 Å². The highest BCUT2D eigenvalue weighted by molar-refractivity contribution is 6.30. The molecule has 9 rings (SSSR count). The summed E-state index contributed by atoms with van der Waals surface area (Å²) in [5.74, 6) is 2.93. The zero-order chi connectivity index (χ0) is 26.2. The second kappa shape index (κ2) is 8.10. The largest absolute Gasteiger partial charge is 0.460 e. The third kappa shape index (κ3) is 3.00. The molecule has 5 heteroatoms.